The highest BCUT2D eigenvalue weighted by Crippen LogP contribution is 2.23. The van der Waals surface area contributed by atoms with Crippen LogP contribution in [0.2, 0.25) is 0 Å². The number of anilines is 1. The number of ether oxygens (including phenoxy) is 2. The molecule has 92 valence electrons. The first-order chi connectivity index (χ1) is 8.40. The minimum absolute atomic E-state index is 0.654. The Bertz CT molecular complexity index is 455. The second kappa shape index (κ2) is 6.59. The van der Waals surface area contributed by atoms with Gasteiger partial charge >= 0.3 is 0 Å². The Kier molecular flexibility index (Phi) is 4.79. The van der Waals surface area contributed by atoms with Gasteiger partial charge in [0.25, 0.3) is 0 Å². The zero-order valence-corrected chi connectivity index (χ0v) is 10.8. The first-order valence-electron chi connectivity index (χ1n) is 5.68. The molecule has 17 heavy (non-hydrogen) atoms. The van der Waals surface area contributed by atoms with Crippen LogP contribution in [0.25, 0.3) is 10.1 Å². The van der Waals surface area contributed by atoms with Crippen LogP contribution in [0.15, 0.2) is 29.6 Å². The molecule has 0 aliphatic rings. The molecular weight excluding hydrogens is 234 g/mol. The van der Waals surface area contributed by atoms with Crippen molar-refractivity contribution >= 4 is 27.1 Å². The Hall–Kier alpha value is -1.10. The third kappa shape index (κ3) is 3.70. The number of thiophene rings is 1. The molecule has 0 radical (unpaired) electrons. The second-order valence-electron chi connectivity index (χ2n) is 3.71. The smallest absolute Gasteiger partial charge is 0.0701 e. The third-order valence-electron chi connectivity index (χ3n) is 2.46. The molecule has 4 heteroatoms. The predicted molar refractivity (Wildman–Crippen MR) is 73.0 cm³/mol. The summed E-state index contributed by atoms with van der Waals surface area (Å²) >= 11 is 1.77. The molecule has 0 saturated carbocycles. The van der Waals surface area contributed by atoms with E-state index in [4.69, 9.17) is 9.47 Å². The average Bonchev–Trinajstić information content (AvgIpc) is 2.81. The molecule has 1 N–H and O–H groups in total. The fraction of sp³-hybridized carbons (Fsp3) is 0.385. The van der Waals surface area contributed by atoms with Gasteiger partial charge in [-0.15, -0.1) is 11.3 Å². The van der Waals surface area contributed by atoms with Gasteiger partial charge in [-0.05, 0) is 35.0 Å². The molecule has 1 heterocycles. The molecule has 1 aromatic carbocycles. The number of fused-ring (bicyclic) bond motifs is 1. The Labute approximate surface area is 105 Å². The van der Waals surface area contributed by atoms with Crippen molar-refractivity contribution in [3.8, 4) is 0 Å². The molecule has 0 bridgehead atoms. The van der Waals surface area contributed by atoms with Crippen molar-refractivity contribution in [3.63, 3.8) is 0 Å². The quantitative estimate of drug-likeness (QED) is 0.767. The van der Waals surface area contributed by atoms with E-state index in [1.165, 1.54) is 10.1 Å². The Balaban J connectivity index is 1.75. The summed E-state index contributed by atoms with van der Waals surface area (Å²) in [6, 6.07) is 8.56. The lowest BCUT2D eigenvalue weighted by Crippen LogP contribution is -2.11. The maximum Gasteiger partial charge on any atom is 0.0701 e. The molecule has 0 fully saturated rings. The number of nitrogens with one attached hydrogen (secondary N) is 1. The van der Waals surface area contributed by atoms with Crippen molar-refractivity contribution in [1.29, 1.82) is 0 Å². The van der Waals surface area contributed by atoms with Gasteiger partial charge in [-0.2, -0.15) is 0 Å². The van der Waals surface area contributed by atoms with E-state index >= 15 is 0 Å². The normalized spacial score (nSPS) is 10.9. The van der Waals surface area contributed by atoms with Gasteiger partial charge in [0.15, 0.2) is 0 Å². The fourth-order valence-corrected chi connectivity index (χ4v) is 2.36. The average molecular weight is 251 g/mol. The first-order valence-corrected chi connectivity index (χ1v) is 6.56. The van der Waals surface area contributed by atoms with Crippen LogP contribution in [-0.4, -0.2) is 33.5 Å². The van der Waals surface area contributed by atoms with Gasteiger partial charge in [0.1, 0.15) is 0 Å². The van der Waals surface area contributed by atoms with Crippen LogP contribution in [0.4, 0.5) is 5.69 Å². The van der Waals surface area contributed by atoms with Crippen LogP contribution in [0, 0.1) is 0 Å². The lowest BCUT2D eigenvalue weighted by Gasteiger charge is -2.07. The largest absolute Gasteiger partial charge is 0.383 e. The highest BCUT2D eigenvalue weighted by Gasteiger charge is 1.96. The van der Waals surface area contributed by atoms with Gasteiger partial charge in [0.05, 0.1) is 19.8 Å². The predicted octanol–water partition coefficient (Wildman–Crippen LogP) is 2.98. The van der Waals surface area contributed by atoms with Crippen molar-refractivity contribution < 1.29 is 9.47 Å². The SMILES string of the molecule is COCCOCCNc1ccc2sccc2c1. The molecule has 0 spiro atoms. The van der Waals surface area contributed by atoms with E-state index in [1.54, 1.807) is 18.4 Å². The summed E-state index contributed by atoms with van der Waals surface area (Å²) in [6.07, 6.45) is 0. The summed E-state index contributed by atoms with van der Waals surface area (Å²) < 4.78 is 11.6. The summed E-state index contributed by atoms with van der Waals surface area (Å²) in [5.41, 5.74) is 1.14. The standard InChI is InChI=1S/C13H17NO2S/c1-15-7-8-16-6-5-14-12-2-3-13-11(10-12)4-9-17-13/h2-4,9-10,14H,5-8H2,1H3. The highest BCUT2D eigenvalue weighted by atomic mass is 32.1. The van der Waals surface area contributed by atoms with Gasteiger partial charge in [0, 0.05) is 24.0 Å². The van der Waals surface area contributed by atoms with Gasteiger partial charge in [-0.1, -0.05) is 0 Å². The molecule has 0 unspecified atom stereocenters. The fourth-order valence-electron chi connectivity index (χ4n) is 1.59. The van der Waals surface area contributed by atoms with Crippen LogP contribution in [0.5, 0.6) is 0 Å². The Morgan fingerprint density at radius 1 is 1.18 bits per heavy atom. The summed E-state index contributed by atoms with van der Waals surface area (Å²) in [5.74, 6) is 0. The van der Waals surface area contributed by atoms with Crippen molar-refractivity contribution in [2.24, 2.45) is 0 Å². The summed E-state index contributed by atoms with van der Waals surface area (Å²) in [6.45, 7) is 2.83. The first kappa shape index (κ1) is 12.4. The van der Waals surface area contributed by atoms with Crippen LogP contribution in [-0.2, 0) is 9.47 Å². The van der Waals surface area contributed by atoms with Crippen molar-refractivity contribution in [3.05, 3.63) is 29.6 Å². The van der Waals surface area contributed by atoms with Gasteiger partial charge in [-0.3, -0.25) is 0 Å². The molecule has 0 aliphatic carbocycles. The van der Waals surface area contributed by atoms with Crippen LogP contribution < -0.4 is 5.32 Å². The molecule has 3 nitrogen and oxygen atoms in total. The summed E-state index contributed by atoms with van der Waals surface area (Å²) in [4.78, 5) is 0. The lowest BCUT2D eigenvalue weighted by atomic mass is 10.2. The third-order valence-corrected chi connectivity index (χ3v) is 3.36. The van der Waals surface area contributed by atoms with Crippen molar-refractivity contribution in [2.45, 2.75) is 0 Å². The zero-order valence-electron chi connectivity index (χ0n) is 9.94. The molecule has 0 atom stereocenters. The molecule has 0 amide bonds. The van der Waals surface area contributed by atoms with E-state index in [0.717, 1.165) is 12.2 Å². The van der Waals surface area contributed by atoms with Crippen LogP contribution in [0.1, 0.15) is 0 Å². The van der Waals surface area contributed by atoms with Crippen LogP contribution >= 0.6 is 11.3 Å². The maximum absolute atomic E-state index is 5.38. The van der Waals surface area contributed by atoms with E-state index in [-0.39, 0.29) is 0 Å². The zero-order chi connectivity index (χ0) is 11.9. The van der Waals surface area contributed by atoms with Gasteiger partial charge < -0.3 is 14.8 Å². The number of hydrogen-bond donors (Lipinski definition) is 1. The van der Waals surface area contributed by atoms with Crippen LogP contribution in [0.3, 0.4) is 0 Å². The molecule has 1 aromatic heterocycles. The number of rotatable bonds is 7. The number of methoxy groups -OCH3 is 1. The van der Waals surface area contributed by atoms with E-state index in [1.807, 2.05) is 0 Å². The van der Waals surface area contributed by atoms with Gasteiger partial charge in [-0.25, -0.2) is 0 Å². The number of benzene rings is 1. The van der Waals surface area contributed by atoms with E-state index in [2.05, 4.69) is 35.0 Å². The summed E-state index contributed by atoms with van der Waals surface area (Å²) in [7, 11) is 1.68. The van der Waals surface area contributed by atoms with E-state index < -0.39 is 0 Å². The maximum atomic E-state index is 5.38. The molecular formula is C13H17NO2S. The Morgan fingerprint density at radius 2 is 2.12 bits per heavy atom. The number of hydrogen-bond acceptors (Lipinski definition) is 4. The second-order valence-corrected chi connectivity index (χ2v) is 4.65. The minimum atomic E-state index is 0.654. The van der Waals surface area contributed by atoms with Crippen molar-refractivity contribution in [1.82, 2.24) is 0 Å². The Morgan fingerprint density at radius 3 is 3.00 bits per heavy atom. The monoisotopic (exact) mass is 251 g/mol. The van der Waals surface area contributed by atoms with Crippen molar-refractivity contribution in [2.75, 3.05) is 38.8 Å². The molecule has 2 aromatic rings. The topological polar surface area (TPSA) is 30.5 Å². The lowest BCUT2D eigenvalue weighted by molar-refractivity contribution is 0.0759. The summed E-state index contributed by atoms with van der Waals surface area (Å²) in [5, 5.41) is 6.75. The molecule has 2 rings (SSSR count). The minimum Gasteiger partial charge on any atom is -0.383 e. The highest BCUT2D eigenvalue weighted by molar-refractivity contribution is 7.17. The van der Waals surface area contributed by atoms with E-state index in [0.29, 0.717) is 19.8 Å². The van der Waals surface area contributed by atoms with Gasteiger partial charge in [0.2, 0.25) is 0 Å². The van der Waals surface area contributed by atoms with E-state index in [9.17, 15) is 0 Å². The molecule has 0 saturated heterocycles. The molecule has 0 aliphatic heterocycles.